The van der Waals surface area contributed by atoms with E-state index >= 15 is 0 Å². The van der Waals surface area contributed by atoms with E-state index in [0.717, 1.165) is 12.8 Å². The predicted molar refractivity (Wildman–Crippen MR) is 87.2 cm³/mol. The van der Waals surface area contributed by atoms with Crippen LogP contribution >= 0.6 is 11.8 Å². The number of rotatable bonds is 4. The standard InChI is InChI=1S/C17H24N2OS/c1-11(2)12(3)19-15(18-17(9-10-17)16(19)20)13-5-7-14(21-4)8-6-13/h5-8,11-12,15,18H,9-10H2,1-4H3. The van der Waals surface area contributed by atoms with Gasteiger partial charge in [0.25, 0.3) is 0 Å². The molecule has 0 bridgehead atoms. The lowest BCUT2D eigenvalue weighted by Gasteiger charge is -2.33. The van der Waals surface area contributed by atoms with E-state index in [1.54, 1.807) is 11.8 Å². The van der Waals surface area contributed by atoms with E-state index in [2.05, 4.69) is 61.5 Å². The first-order valence-corrected chi connectivity index (χ1v) is 8.95. The lowest BCUT2D eigenvalue weighted by Crippen LogP contribution is -2.41. The minimum absolute atomic E-state index is 0.0216. The summed E-state index contributed by atoms with van der Waals surface area (Å²) in [5.74, 6) is 0.750. The normalized spacial score (nSPS) is 24.9. The number of nitrogens with one attached hydrogen (secondary N) is 1. The smallest absolute Gasteiger partial charge is 0.244 e. The van der Waals surface area contributed by atoms with Gasteiger partial charge in [0.05, 0.1) is 0 Å². The van der Waals surface area contributed by atoms with Gasteiger partial charge in [-0.3, -0.25) is 10.1 Å². The maximum Gasteiger partial charge on any atom is 0.244 e. The van der Waals surface area contributed by atoms with Crippen molar-refractivity contribution < 1.29 is 4.79 Å². The molecule has 2 atom stereocenters. The molecule has 1 heterocycles. The zero-order valence-corrected chi connectivity index (χ0v) is 14.0. The molecule has 1 aliphatic carbocycles. The molecule has 1 spiro atoms. The Morgan fingerprint density at radius 2 is 1.86 bits per heavy atom. The Bertz CT molecular complexity index is 536. The summed E-state index contributed by atoms with van der Waals surface area (Å²) in [4.78, 5) is 16.1. The number of benzene rings is 1. The van der Waals surface area contributed by atoms with Gasteiger partial charge in [0.1, 0.15) is 11.7 Å². The molecule has 2 unspecified atom stereocenters. The van der Waals surface area contributed by atoms with Crippen LogP contribution in [-0.4, -0.2) is 28.6 Å². The quantitative estimate of drug-likeness (QED) is 0.865. The Labute approximate surface area is 131 Å². The molecule has 2 fully saturated rings. The summed E-state index contributed by atoms with van der Waals surface area (Å²) in [5, 5.41) is 3.60. The van der Waals surface area contributed by atoms with Gasteiger partial charge in [0.2, 0.25) is 5.91 Å². The van der Waals surface area contributed by atoms with Crippen molar-refractivity contribution in [1.29, 1.82) is 0 Å². The molecule has 3 rings (SSSR count). The number of amides is 1. The van der Waals surface area contributed by atoms with Crippen molar-refractivity contribution >= 4 is 17.7 Å². The molecule has 0 radical (unpaired) electrons. The summed E-state index contributed by atoms with van der Waals surface area (Å²) in [5.41, 5.74) is 0.934. The first-order chi connectivity index (χ1) is 9.98. The molecular formula is C17H24N2OS. The third-order valence-corrected chi connectivity index (χ3v) is 5.66. The second kappa shape index (κ2) is 5.33. The van der Waals surface area contributed by atoms with Gasteiger partial charge in [-0.25, -0.2) is 0 Å². The maximum absolute atomic E-state index is 12.8. The van der Waals surface area contributed by atoms with Gasteiger partial charge >= 0.3 is 0 Å². The molecule has 1 saturated carbocycles. The molecule has 4 heteroatoms. The topological polar surface area (TPSA) is 32.3 Å². The maximum atomic E-state index is 12.8. The van der Waals surface area contributed by atoms with Crippen molar-refractivity contribution in [3.8, 4) is 0 Å². The molecule has 114 valence electrons. The molecule has 1 saturated heterocycles. The van der Waals surface area contributed by atoms with Gasteiger partial charge in [-0.1, -0.05) is 26.0 Å². The second-order valence-corrected chi connectivity index (χ2v) is 7.48. The Balaban J connectivity index is 1.92. The molecular weight excluding hydrogens is 280 g/mol. The summed E-state index contributed by atoms with van der Waals surface area (Å²) < 4.78 is 0. The highest BCUT2D eigenvalue weighted by molar-refractivity contribution is 7.98. The number of carbonyl (C=O) groups excluding carboxylic acids is 1. The molecule has 2 aliphatic rings. The summed E-state index contributed by atoms with van der Waals surface area (Å²) in [6.45, 7) is 6.53. The van der Waals surface area contributed by atoms with Crippen LogP contribution in [0.15, 0.2) is 29.2 Å². The number of carbonyl (C=O) groups is 1. The van der Waals surface area contributed by atoms with Crippen LogP contribution in [0.4, 0.5) is 0 Å². The molecule has 1 aliphatic heterocycles. The van der Waals surface area contributed by atoms with Gasteiger partial charge in [-0.05, 0) is 49.6 Å². The van der Waals surface area contributed by atoms with Crippen molar-refractivity contribution in [2.75, 3.05) is 6.26 Å². The van der Waals surface area contributed by atoms with Gasteiger partial charge in [-0.15, -0.1) is 11.8 Å². The Morgan fingerprint density at radius 3 is 2.33 bits per heavy atom. The van der Waals surface area contributed by atoms with E-state index in [1.165, 1.54) is 10.5 Å². The van der Waals surface area contributed by atoms with Crippen LogP contribution in [-0.2, 0) is 4.79 Å². The van der Waals surface area contributed by atoms with Crippen molar-refractivity contribution in [3.63, 3.8) is 0 Å². The molecule has 21 heavy (non-hydrogen) atoms. The lowest BCUT2D eigenvalue weighted by molar-refractivity contribution is -0.133. The Morgan fingerprint density at radius 1 is 1.24 bits per heavy atom. The number of thioether (sulfide) groups is 1. The summed E-state index contributed by atoms with van der Waals surface area (Å²) in [6.07, 6.45) is 4.06. The molecule has 0 aromatic heterocycles. The van der Waals surface area contributed by atoms with Crippen molar-refractivity contribution in [1.82, 2.24) is 10.2 Å². The SMILES string of the molecule is CSc1ccc(C2NC3(CC3)C(=O)N2C(C)C(C)C)cc1. The van der Waals surface area contributed by atoms with E-state index in [9.17, 15) is 4.79 Å². The molecule has 3 nitrogen and oxygen atoms in total. The summed E-state index contributed by atoms with van der Waals surface area (Å²) in [7, 11) is 0. The van der Waals surface area contributed by atoms with Crippen molar-refractivity contribution in [2.24, 2.45) is 5.92 Å². The first-order valence-electron chi connectivity index (χ1n) is 7.73. The fraction of sp³-hybridized carbons (Fsp3) is 0.588. The highest BCUT2D eigenvalue weighted by Crippen LogP contribution is 2.47. The van der Waals surface area contributed by atoms with E-state index < -0.39 is 0 Å². The summed E-state index contributed by atoms with van der Waals surface area (Å²) in [6, 6.07) is 8.83. The first kappa shape index (κ1) is 14.9. The third kappa shape index (κ3) is 2.49. The molecule has 1 aromatic carbocycles. The van der Waals surface area contributed by atoms with Gasteiger partial charge in [0, 0.05) is 10.9 Å². The molecule has 1 amide bonds. The second-order valence-electron chi connectivity index (χ2n) is 6.60. The highest BCUT2D eigenvalue weighted by atomic mass is 32.2. The van der Waals surface area contributed by atoms with E-state index in [0.29, 0.717) is 11.8 Å². The average molecular weight is 304 g/mol. The minimum Gasteiger partial charge on any atom is -0.318 e. The van der Waals surface area contributed by atoms with Crippen LogP contribution in [0, 0.1) is 5.92 Å². The van der Waals surface area contributed by atoms with Crippen LogP contribution in [0.25, 0.3) is 0 Å². The zero-order chi connectivity index (χ0) is 15.2. The minimum atomic E-state index is -0.258. The van der Waals surface area contributed by atoms with Crippen LogP contribution in [0.1, 0.15) is 45.3 Å². The molecule has 1 aromatic rings. The van der Waals surface area contributed by atoms with E-state index in [-0.39, 0.29) is 17.7 Å². The number of hydrogen-bond donors (Lipinski definition) is 1. The van der Waals surface area contributed by atoms with E-state index in [4.69, 9.17) is 0 Å². The lowest BCUT2D eigenvalue weighted by atomic mass is 10.0. The van der Waals surface area contributed by atoms with Crippen LogP contribution in [0.2, 0.25) is 0 Å². The van der Waals surface area contributed by atoms with Gasteiger partial charge in [-0.2, -0.15) is 0 Å². The Kier molecular flexibility index (Phi) is 3.78. The van der Waals surface area contributed by atoms with E-state index in [1.807, 2.05) is 0 Å². The van der Waals surface area contributed by atoms with Gasteiger partial charge < -0.3 is 4.90 Å². The van der Waals surface area contributed by atoms with Crippen molar-refractivity contribution in [2.45, 2.75) is 56.3 Å². The van der Waals surface area contributed by atoms with Crippen LogP contribution < -0.4 is 5.32 Å². The number of hydrogen-bond acceptors (Lipinski definition) is 3. The third-order valence-electron chi connectivity index (χ3n) is 4.92. The Hall–Kier alpha value is -1.00. The van der Waals surface area contributed by atoms with Crippen molar-refractivity contribution in [3.05, 3.63) is 29.8 Å². The van der Waals surface area contributed by atoms with Crippen LogP contribution in [0.5, 0.6) is 0 Å². The summed E-state index contributed by atoms with van der Waals surface area (Å²) >= 11 is 1.74. The average Bonchev–Trinajstić information content (AvgIpc) is 3.21. The number of nitrogens with zero attached hydrogens (tertiary/aromatic N) is 1. The van der Waals surface area contributed by atoms with Crippen LogP contribution in [0.3, 0.4) is 0 Å². The fourth-order valence-corrected chi connectivity index (χ4v) is 3.42. The molecule has 1 N–H and O–H groups in total. The monoisotopic (exact) mass is 304 g/mol. The van der Waals surface area contributed by atoms with Gasteiger partial charge in [0.15, 0.2) is 0 Å². The highest BCUT2D eigenvalue weighted by Gasteiger charge is 2.60. The largest absolute Gasteiger partial charge is 0.318 e. The fourth-order valence-electron chi connectivity index (χ4n) is 3.01. The zero-order valence-electron chi connectivity index (χ0n) is 13.2. The predicted octanol–water partition coefficient (Wildman–Crippen LogP) is 3.42.